The van der Waals surface area contributed by atoms with Crippen LogP contribution in [0.4, 0.5) is 5.69 Å². The molecule has 2 unspecified atom stereocenters. The third kappa shape index (κ3) is 2.25. The van der Waals surface area contributed by atoms with Gasteiger partial charge in [-0.2, -0.15) is 0 Å². The highest BCUT2D eigenvalue weighted by atomic mass is 16.4. The molecule has 1 aromatic heterocycles. The largest absolute Gasteiger partial charge is 0.481 e. The lowest BCUT2D eigenvalue weighted by molar-refractivity contribution is -0.140. The Kier molecular flexibility index (Phi) is 2.96. The fourth-order valence-corrected chi connectivity index (χ4v) is 2.48. The van der Waals surface area contributed by atoms with Crippen LogP contribution < -0.4 is 10.9 Å². The zero-order chi connectivity index (χ0) is 14.4. The van der Waals surface area contributed by atoms with E-state index in [1.54, 1.807) is 20.9 Å². The minimum atomic E-state index is -0.953. The summed E-state index contributed by atoms with van der Waals surface area (Å²) in [6, 6.07) is 2.85. The molecule has 1 aliphatic rings. The third-order valence-electron chi connectivity index (χ3n) is 3.73. The van der Waals surface area contributed by atoms with Gasteiger partial charge in [0.05, 0.1) is 17.5 Å². The van der Waals surface area contributed by atoms with E-state index in [1.165, 1.54) is 22.9 Å². The zero-order valence-electron chi connectivity index (χ0n) is 11.0. The maximum Gasteiger partial charge on any atom is 0.307 e. The van der Waals surface area contributed by atoms with Crippen molar-refractivity contribution in [3.8, 4) is 0 Å². The fraction of sp³-hybridized carbons (Fsp3) is 0.462. The number of nitrogens with zero attached hydrogens (tertiary/aromatic N) is 1. The van der Waals surface area contributed by atoms with Gasteiger partial charge in [-0.15, -0.1) is 0 Å². The molecule has 1 aromatic rings. The number of nitrogens with one attached hydrogen (secondary N) is 1. The second kappa shape index (κ2) is 4.22. The van der Waals surface area contributed by atoms with E-state index in [2.05, 4.69) is 5.32 Å². The predicted molar refractivity (Wildman–Crippen MR) is 68.7 cm³/mol. The van der Waals surface area contributed by atoms with Gasteiger partial charge in [0.25, 0.3) is 0 Å². The summed E-state index contributed by atoms with van der Waals surface area (Å²) in [6.45, 7) is 3.52. The van der Waals surface area contributed by atoms with Gasteiger partial charge >= 0.3 is 5.97 Å². The Morgan fingerprint density at radius 2 is 1.95 bits per heavy atom. The van der Waals surface area contributed by atoms with Crippen molar-refractivity contribution in [1.29, 1.82) is 0 Å². The summed E-state index contributed by atoms with van der Waals surface area (Å²) in [4.78, 5) is 34.3. The van der Waals surface area contributed by atoms with Crippen LogP contribution in [0.5, 0.6) is 0 Å². The van der Waals surface area contributed by atoms with Crippen LogP contribution in [-0.4, -0.2) is 21.6 Å². The summed E-state index contributed by atoms with van der Waals surface area (Å²) in [5.41, 5.74) is -0.219. The molecule has 0 bridgehead atoms. The minimum absolute atomic E-state index is 0.173. The van der Waals surface area contributed by atoms with E-state index in [9.17, 15) is 14.4 Å². The third-order valence-corrected chi connectivity index (χ3v) is 3.73. The molecular formula is C13H16N2O4. The summed E-state index contributed by atoms with van der Waals surface area (Å²) in [7, 11) is 1.58. The minimum Gasteiger partial charge on any atom is -0.481 e. The Morgan fingerprint density at radius 1 is 1.32 bits per heavy atom. The van der Waals surface area contributed by atoms with E-state index in [0.717, 1.165) is 0 Å². The Morgan fingerprint density at radius 3 is 2.42 bits per heavy atom. The molecule has 1 saturated carbocycles. The highest BCUT2D eigenvalue weighted by Crippen LogP contribution is 2.58. The summed E-state index contributed by atoms with van der Waals surface area (Å²) < 4.78 is 1.35. The number of carboxylic acids is 1. The lowest BCUT2D eigenvalue weighted by Crippen LogP contribution is -2.20. The number of amides is 1. The van der Waals surface area contributed by atoms with Gasteiger partial charge in [-0.05, 0) is 11.5 Å². The maximum absolute atomic E-state index is 12.0. The molecule has 2 rings (SSSR count). The van der Waals surface area contributed by atoms with Crippen molar-refractivity contribution in [2.75, 3.05) is 5.32 Å². The average Bonchev–Trinajstić information content (AvgIpc) is 2.87. The van der Waals surface area contributed by atoms with Crippen LogP contribution in [-0.2, 0) is 16.6 Å². The van der Waals surface area contributed by atoms with Gasteiger partial charge in [0.2, 0.25) is 11.5 Å². The van der Waals surface area contributed by atoms with Crippen molar-refractivity contribution in [2.45, 2.75) is 13.8 Å². The van der Waals surface area contributed by atoms with Crippen LogP contribution in [0.2, 0.25) is 0 Å². The molecule has 19 heavy (non-hydrogen) atoms. The quantitative estimate of drug-likeness (QED) is 0.840. The molecule has 0 spiro atoms. The molecule has 0 radical (unpaired) electrons. The van der Waals surface area contributed by atoms with Crippen molar-refractivity contribution in [2.24, 2.45) is 24.3 Å². The molecule has 2 N–H and O–H groups in total. The van der Waals surface area contributed by atoms with Crippen LogP contribution in [0.15, 0.2) is 23.1 Å². The Hall–Kier alpha value is -2.11. The van der Waals surface area contributed by atoms with E-state index < -0.39 is 23.2 Å². The number of pyridine rings is 1. The molecule has 0 aromatic carbocycles. The summed E-state index contributed by atoms with van der Waals surface area (Å²) in [6.07, 6.45) is 1.51. The Labute approximate surface area is 110 Å². The van der Waals surface area contributed by atoms with Gasteiger partial charge < -0.3 is 15.0 Å². The van der Waals surface area contributed by atoms with Crippen molar-refractivity contribution in [3.63, 3.8) is 0 Å². The van der Waals surface area contributed by atoms with Crippen LogP contribution in [0, 0.1) is 17.3 Å². The number of aliphatic carboxylic acids is 1. The predicted octanol–water partition coefficient (Wildman–Crippen LogP) is 0.681. The average molecular weight is 264 g/mol. The molecule has 6 heteroatoms. The van der Waals surface area contributed by atoms with Crippen LogP contribution in [0.3, 0.4) is 0 Å². The smallest absolute Gasteiger partial charge is 0.307 e. The molecule has 1 amide bonds. The normalized spacial score (nSPS) is 23.7. The summed E-state index contributed by atoms with van der Waals surface area (Å²) >= 11 is 0. The second-order valence-corrected chi connectivity index (χ2v) is 5.47. The molecule has 1 aliphatic carbocycles. The van der Waals surface area contributed by atoms with E-state index in [4.69, 9.17) is 5.11 Å². The first-order valence-corrected chi connectivity index (χ1v) is 5.95. The van der Waals surface area contributed by atoms with E-state index in [0.29, 0.717) is 5.69 Å². The molecule has 6 nitrogen and oxygen atoms in total. The highest BCUT2D eigenvalue weighted by Gasteiger charge is 2.65. The number of hydrogen-bond donors (Lipinski definition) is 2. The first kappa shape index (κ1) is 13.3. The number of carbonyl (C=O) groups excluding carboxylic acids is 1. The number of rotatable bonds is 3. The molecular weight excluding hydrogens is 248 g/mol. The van der Waals surface area contributed by atoms with E-state index in [-0.39, 0.29) is 11.5 Å². The van der Waals surface area contributed by atoms with Crippen LogP contribution >= 0.6 is 0 Å². The van der Waals surface area contributed by atoms with Crippen molar-refractivity contribution < 1.29 is 14.7 Å². The van der Waals surface area contributed by atoms with Gasteiger partial charge in [0, 0.05) is 19.3 Å². The number of carboxylic acid groups (broad SMARTS) is 1. The fourth-order valence-electron chi connectivity index (χ4n) is 2.48. The van der Waals surface area contributed by atoms with Gasteiger partial charge in [0.15, 0.2) is 0 Å². The summed E-state index contributed by atoms with van der Waals surface area (Å²) in [5.74, 6) is -2.47. The number of aryl methyl sites for hydroxylation is 1. The SMILES string of the molecule is Cn1cc(NC(=O)C2C(C(=O)O)C2(C)C)ccc1=O. The topological polar surface area (TPSA) is 88.4 Å². The lowest BCUT2D eigenvalue weighted by atomic mass is 10.1. The van der Waals surface area contributed by atoms with E-state index >= 15 is 0 Å². The first-order chi connectivity index (χ1) is 8.75. The molecule has 0 aliphatic heterocycles. The van der Waals surface area contributed by atoms with Crippen LogP contribution in [0.25, 0.3) is 0 Å². The van der Waals surface area contributed by atoms with Gasteiger partial charge in [0.1, 0.15) is 0 Å². The Balaban J connectivity index is 2.13. The van der Waals surface area contributed by atoms with Crippen molar-refractivity contribution in [3.05, 3.63) is 28.7 Å². The molecule has 2 atom stereocenters. The summed E-state index contributed by atoms with van der Waals surface area (Å²) in [5, 5.41) is 11.7. The van der Waals surface area contributed by atoms with E-state index in [1.807, 2.05) is 0 Å². The zero-order valence-corrected chi connectivity index (χ0v) is 11.0. The molecule has 0 saturated heterocycles. The van der Waals surface area contributed by atoms with Gasteiger partial charge in [-0.25, -0.2) is 0 Å². The monoisotopic (exact) mass is 264 g/mol. The highest BCUT2D eigenvalue weighted by molar-refractivity contribution is 5.99. The number of anilines is 1. The standard InChI is InChI=1S/C13H16N2O4/c1-13(2)9(10(13)12(18)19)11(17)14-7-4-5-8(16)15(3)6-7/h4-6,9-10H,1-3H3,(H,14,17)(H,18,19). The maximum atomic E-state index is 12.0. The van der Waals surface area contributed by atoms with Gasteiger partial charge in [-0.1, -0.05) is 13.8 Å². The number of aromatic nitrogens is 1. The van der Waals surface area contributed by atoms with Crippen molar-refractivity contribution >= 4 is 17.6 Å². The Bertz CT molecular complexity index is 603. The molecule has 1 fully saturated rings. The van der Waals surface area contributed by atoms with Crippen LogP contribution in [0.1, 0.15) is 13.8 Å². The number of carbonyl (C=O) groups is 2. The lowest BCUT2D eigenvalue weighted by Gasteiger charge is -2.07. The second-order valence-electron chi connectivity index (χ2n) is 5.47. The first-order valence-electron chi connectivity index (χ1n) is 5.95. The van der Waals surface area contributed by atoms with Gasteiger partial charge in [-0.3, -0.25) is 14.4 Å². The van der Waals surface area contributed by atoms with Crippen molar-refractivity contribution in [1.82, 2.24) is 4.57 Å². The number of hydrogen-bond acceptors (Lipinski definition) is 3. The molecule has 102 valence electrons. The molecule has 1 heterocycles.